The van der Waals surface area contributed by atoms with Crippen molar-refractivity contribution in [2.75, 3.05) is 18.9 Å². The molecule has 0 saturated heterocycles. The van der Waals surface area contributed by atoms with E-state index in [4.69, 9.17) is 11.6 Å². The highest BCUT2D eigenvalue weighted by molar-refractivity contribution is 6.30. The number of benzene rings is 1. The second kappa shape index (κ2) is 4.20. The van der Waals surface area contributed by atoms with Crippen molar-refractivity contribution in [3.05, 3.63) is 28.8 Å². The predicted molar refractivity (Wildman–Crippen MR) is 61.1 cm³/mol. The maximum absolute atomic E-state index is 5.93. The number of aryl methyl sites for hydroxylation is 1. The van der Waals surface area contributed by atoms with E-state index in [9.17, 15) is 0 Å². The number of likely N-dealkylation sites (N-methyl/N-ethyl adjacent to an activating group) is 1. The quantitative estimate of drug-likeness (QED) is 0.783. The summed E-state index contributed by atoms with van der Waals surface area (Å²) in [6.45, 7) is 1.02. The van der Waals surface area contributed by atoms with E-state index in [-0.39, 0.29) is 0 Å². The Morgan fingerprint density at radius 1 is 1.57 bits per heavy atom. The number of anilines is 1. The monoisotopic (exact) mass is 210 g/mol. The van der Waals surface area contributed by atoms with Crippen molar-refractivity contribution in [1.29, 1.82) is 0 Å². The van der Waals surface area contributed by atoms with Gasteiger partial charge in [-0.15, -0.1) is 0 Å². The first kappa shape index (κ1) is 9.81. The van der Waals surface area contributed by atoms with Crippen molar-refractivity contribution in [1.82, 2.24) is 5.32 Å². The molecule has 1 aliphatic heterocycles. The smallest absolute Gasteiger partial charge is 0.0410 e. The summed E-state index contributed by atoms with van der Waals surface area (Å²) in [4.78, 5) is 0. The first-order chi connectivity index (χ1) is 6.79. The van der Waals surface area contributed by atoms with Crippen LogP contribution in [0.2, 0.25) is 5.02 Å². The molecule has 3 heteroatoms. The molecule has 1 aromatic carbocycles. The second-order valence-corrected chi connectivity index (χ2v) is 4.18. The lowest BCUT2D eigenvalue weighted by Crippen LogP contribution is -2.34. The number of hydrogen-bond acceptors (Lipinski definition) is 2. The molecule has 0 radical (unpaired) electrons. The van der Waals surface area contributed by atoms with Crippen molar-refractivity contribution in [2.45, 2.75) is 18.9 Å². The van der Waals surface area contributed by atoms with E-state index in [1.807, 2.05) is 13.1 Å². The Labute approximate surface area is 89.7 Å². The summed E-state index contributed by atoms with van der Waals surface area (Å²) in [5.41, 5.74) is 2.57. The third-order valence-electron chi connectivity index (χ3n) is 2.64. The molecule has 2 N–H and O–H groups in total. The first-order valence-electron chi connectivity index (χ1n) is 4.99. The summed E-state index contributed by atoms with van der Waals surface area (Å²) in [5, 5.41) is 7.53. The summed E-state index contributed by atoms with van der Waals surface area (Å²) in [6.07, 6.45) is 2.30. The number of rotatable bonds is 2. The molecular formula is C11H15ClN2. The highest BCUT2D eigenvalue weighted by Gasteiger charge is 2.16. The standard InChI is InChI=1S/C11H15ClN2/c1-13-7-10-4-2-8-6-9(12)3-5-11(8)14-10/h3,5-6,10,13-14H,2,4,7H2,1H3. The summed E-state index contributed by atoms with van der Waals surface area (Å²) >= 11 is 5.93. The molecule has 0 aliphatic carbocycles. The molecule has 1 atom stereocenters. The van der Waals surface area contributed by atoms with Gasteiger partial charge in [-0.1, -0.05) is 11.6 Å². The normalized spacial score (nSPS) is 20.0. The summed E-state index contributed by atoms with van der Waals surface area (Å²) < 4.78 is 0. The van der Waals surface area contributed by atoms with Gasteiger partial charge in [0, 0.05) is 23.3 Å². The molecule has 1 aliphatic rings. The Morgan fingerprint density at radius 3 is 3.21 bits per heavy atom. The third kappa shape index (κ3) is 2.02. The van der Waals surface area contributed by atoms with Crippen molar-refractivity contribution >= 4 is 17.3 Å². The van der Waals surface area contributed by atoms with E-state index in [0.717, 1.165) is 18.0 Å². The van der Waals surface area contributed by atoms with Crippen LogP contribution in [0.1, 0.15) is 12.0 Å². The summed E-state index contributed by atoms with van der Waals surface area (Å²) in [7, 11) is 1.99. The van der Waals surface area contributed by atoms with E-state index >= 15 is 0 Å². The molecule has 0 saturated carbocycles. The van der Waals surface area contributed by atoms with Crippen LogP contribution in [-0.2, 0) is 6.42 Å². The molecule has 0 amide bonds. The Kier molecular flexibility index (Phi) is 2.94. The number of nitrogens with one attached hydrogen (secondary N) is 2. The minimum atomic E-state index is 0.550. The molecule has 1 aromatic rings. The van der Waals surface area contributed by atoms with Gasteiger partial charge in [-0.05, 0) is 43.7 Å². The van der Waals surface area contributed by atoms with Crippen LogP contribution in [0.4, 0.5) is 5.69 Å². The van der Waals surface area contributed by atoms with Gasteiger partial charge in [0.2, 0.25) is 0 Å². The van der Waals surface area contributed by atoms with Crippen LogP contribution in [0.15, 0.2) is 18.2 Å². The average molecular weight is 211 g/mol. The van der Waals surface area contributed by atoms with Crippen LogP contribution in [0.25, 0.3) is 0 Å². The SMILES string of the molecule is CNCC1CCc2cc(Cl)ccc2N1. The van der Waals surface area contributed by atoms with Crippen LogP contribution < -0.4 is 10.6 Å². The fourth-order valence-corrected chi connectivity index (χ4v) is 2.13. The van der Waals surface area contributed by atoms with Crippen LogP contribution in [0.5, 0.6) is 0 Å². The van der Waals surface area contributed by atoms with Gasteiger partial charge < -0.3 is 10.6 Å². The summed E-state index contributed by atoms with van der Waals surface area (Å²) in [5.74, 6) is 0. The second-order valence-electron chi connectivity index (χ2n) is 3.74. The molecule has 2 rings (SSSR count). The van der Waals surface area contributed by atoms with Crippen molar-refractivity contribution in [3.8, 4) is 0 Å². The zero-order valence-electron chi connectivity index (χ0n) is 8.31. The van der Waals surface area contributed by atoms with E-state index < -0.39 is 0 Å². The molecule has 14 heavy (non-hydrogen) atoms. The fourth-order valence-electron chi connectivity index (χ4n) is 1.93. The molecule has 0 aromatic heterocycles. The molecule has 0 fully saturated rings. The van der Waals surface area contributed by atoms with Crippen LogP contribution in [0, 0.1) is 0 Å². The number of fused-ring (bicyclic) bond motifs is 1. The predicted octanol–water partition coefficient (Wildman–Crippen LogP) is 2.29. The average Bonchev–Trinajstić information content (AvgIpc) is 2.19. The molecule has 0 spiro atoms. The van der Waals surface area contributed by atoms with Gasteiger partial charge in [-0.2, -0.15) is 0 Å². The number of hydrogen-bond donors (Lipinski definition) is 2. The third-order valence-corrected chi connectivity index (χ3v) is 2.87. The van der Waals surface area contributed by atoms with Crippen molar-refractivity contribution < 1.29 is 0 Å². The molecule has 1 unspecified atom stereocenters. The van der Waals surface area contributed by atoms with Gasteiger partial charge in [0.05, 0.1) is 0 Å². The molecule has 0 bridgehead atoms. The van der Waals surface area contributed by atoms with Gasteiger partial charge in [-0.3, -0.25) is 0 Å². The lowest BCUT2D eigenvalue weighted by atomic mass is 9.98. The Morgan fingerprint density at radius 2 is 2.43 bits per heavy atom. The zero-order valence-corrected chi connectivity index (χ0v) is 9.06. The number of halogens is 1. The van der Waals surface area contributed by atoms with E-state index in [2.05, 4.69) is 22.8 Å². The maximum Gasteiger partial charge on any atom is 0.0410 e. The van der Waals surface area contributed by atoms with Gasteiger partial charge in [0.1, 0.15) is 0 Å². The van der Waals surface area contributed by atoms with Crippen LogP contribution in [-0.4, -0.2) is 19.6 Å². The van der Waals surface area contributed by atoms with Gasteiger partial charge in [-0.25, -0.2) is 0 Å². The lowest BCUT2D eigenvalue weighted by molar-refractivity contribution is 0.593. The van der Waals surface area contributed by atoms with Gasteiger partial charge >= 0.3 is 0 Å². The van der Waals surface area contributed by atoms with Crippen molar-refractivity contribution in [3.63, 3.8) is 0 Å². The minimum absolute atomic E-state index is 0.550. The Hall–Kier alpha value is -0.730. The zero-order chi connectivity index (χ0) is 9.97. The molecule has 76 valence electrons. The van der Waals surface area contributed by atoms with Crippen molar-refractivity contribution in [2.24, 2.45) is 0 Å². The topological polar surface area (TPSA) is 24.1 Å². The Balaban J connectivity index is 2.15. The molecular weight excluding hydrogens is 196 g/mol. The van der Waals surface area contributed by atoms with E-state index in [0.29, 0.717) is 6.04 Å². The highest BCUT2D eigenvalue weighted by atomic mass is 35.5. The minimum Gasteiger partial charge on any atom is -0.381 e. The lowest BCUT2D eigenvalue weighted by Gasteiger charge is -2.26. The first-order valence-corrected chi connectivity index (χ1v) is 5.37. The van der Waals surface area contributed by atoms with E-state index in [1.54, 1.807) is 0 Å². The maximum atomic E-state index is 5.93. The fraction of sp³-hybridized carbons (Fsp3) is 0.455. The molecule has 2 nitrogen and oxygen atoms in total. The van der Waals surface area contributed by atoms with Crippen LogP contribution in [0.3, 0.4) is 0 Å². The Bertz CT molecular complexity index is 325. The van der Waals surface area contributed by atoms with Gasteiger partial charge in [0.25, 0.3) is 0 Å². The van der Waals surface area contributed by atoms with Gasteiger partial charge in [0.15, 0.2) is 0 Å². The summed E-state index contributed by atoms with van der Waals surface area (Å²) in [6, 6.07) is 6.61. The highest BCUT2D eigenvalue weighted by Crippen LogP contribution is 2.27. The van der Waals surface area contributed by atoms with Crippen LogP contribution >= 0.6 is 11.6 Å². The largest absolute Gasteiger partial charge is 0.381 e. The molecule has 1 heterocycles. The van der Waals surface area contributed by atoms with E-state index in [1.165, 1.54) is 17.7 Å².